The number of nitrogens with one attached hydrogen (secondary N) is 1. The van der Waals surface area contributed by atoms with Gasteiger partial charge in [0.1, 0.15) is 17.9 Å². The van der Waals surface area contributed by atoms with Crippen molar-refractivity contribution in [3.8, 4) is 0 Å². The number of hydrogen-bond donors (Lipinski definition) is 4. The van der Waals surface area contributed by atoms with Crippen molar-refractivity contribution < 1.29 is 57.8 Å². The molecule has 1 fully saturated rings. The van der Waals surface area contributed by atoms with Gasteiger partial charge in [-0.3, -0.25) is 43.0 Å². The van der Waals surface area contributed by atoms with Gasteiger partial charge in [0.25, 0.3) is 11.8 Å². The number of aliphatic hydroxyl groups excluding tert-OH is 1. The molecule has 4 N–H and O–H groups in total. The minimum atomic E-state index is -4.67. The molecule has 18 heteroatoms. The number of unbranched alkanes of at least 4 members (excludes halogenated alkanes) is 2. The first-order valence-electron chi connectivity index (χ1n) is 23.9. The van der Waals surface area contributed by atoms with Gasteiger partial charge in [0, 0.05) is 83.8 Å². The van der Waals surface area contributed by atoms with Gasteiger partial charge in [-0.1, -0.05) is 91.6 Å². The molecule has 2 heterocycles. The fraction of sp³-hybridized carbons (Fsp3) is 0.694. The number of carbonyl (C=O) groups is 7. The van der Waals surface area contributed by atoms with Gasteiger partial charge in [-0.25, -0.2) is 0 Å². The van der Waals surface area contributed by atoms with E-state index in [0.717, 1.165) is 4.90 Å². The second kappa shape index (κ2) is 26.5. The molecule has 0 aliphatic carbocycles. The largest absolute Gasteiger partial charge is 0.396 e. The third-order valence-corrected chi connectivity index (χ3v) is 15.2. The minimum absolute atomic E-state index is 0.00653. The summed E-state index contributed by atoms with van der Waals surface area (Å²) in [7, 11) is 0.0112. The van der Waals surface area contributed by atoms with Crippen LogP contribution in [0.3, 0.4) is 0 Å². The van der Waals surface area contributed by atoms with Crippen LogP contribution >= 0.6 is 7.60 Å². The van der Waals surface area contributed by atoms with Crippen LogP contribution in [0.5, 0.6) is 0 Å². The number of imide groups is 1. The smallest absolute Gasteiger partial charge is 0.329 e. The number of methoxy groups -OCH3 is 1. The lowest BCUT2D eigenvalue weighted by Crippen LogP contribution is -2.60. The summed E-state index contributed by atoms with van der Waals surface area (Å²) in [6.07, 6.45) is 4.73. The summed E-state index contributed by atoms with van der Waals surface area (Å²) < 4.78 is 18.5. The van der Waals surface area contributed by atoms with Crippen LogP contribution in [0.4, 0.5) is 0 Å². The highest BCUT2D eigenvalue weighted by molar-refractivity contribution is 7.52. The number of carbonyl (C=O) groups excluding carboxylic acids is 7. The quantitative estimate of drug-likeness (QED) is 0.0522. The fourth-order valence-corrected chi connectivity index (χ4v) is 10.5. The number of Topliss-reactive ketones (excluding diaryl/α,β-unsaturated/α-hetero) is 1. The topological polar surface area (TPSA) is 231 Å². The first kappa shape index (κ1) is 57.0. The number of benzene rings is 1. The van der Waals surface area contributed by atoms with Crippen LogP contribution in [0.25, 0.3) is 0 Å². The number of ketones is 1. The molecule has 9 atom stereocenters. The van der Waals surface area contributed by atoms with E-state index in [1.165, 1.54) is 24.2 Å². The molecule has 1 aromatic rings. The predicted octanol–water partition coefficient (Wildman–Crippen LogP) is 4.36. The van der Waals surface area contributed by atoms with E-state index in [2.05, 4.69) is 5.32 Å². The van der Waals surface area contributed by atoms with Crippen molar-refractivity contribution in [1.29, 1.82) is 0 Å². The molecule has 0 bridgehead atoms. The first-order valence-corrected chi connectivity index (χ1v) is 25.6. The average Bonchev–Trinajstić information content (AvgIpc) is 3.89. The number of rotatable bonds is 28. The van der Waals surface area contributed by atoms with Crippen molar-refractivity contribution in [2.45, 2.75) is 149 Å². The highest BCUT2D eigenvalue weighted by Crippen LogP contribution is 2.45. The monoisotopic (exact) mass is 960 g/mol. The van der Waals surface area contributed by atoms with Gasteiger partial charge in [0.15, 0.2) is 0 Å². The molecule has 0 aromatic heterocycles. The van der Waals surface area contributed by atoms with E-state index in [9.17, 15) is 53.0 Å². The molecule has 67 heavy (non-hydrogen) atoms. The van der Waals surface area contributed by atoms with Gasteiger partial charge >= 0.3 is 7.60 Å². The summed E-state index contributed by atoms with van der Waals surface area (Å²) in [5.74, 6) is -4.84. The number of likely N-dealkylation sites (N-methyl/N-ethyl adjacent to an activating group) is 2. The standard InChI is InChI=1S/C49H78N5O12P/c1-11-33(6)47(52(9)49(62)45(31(2)3)50-48(61)46(32(4)5)51(8)41(57)22-16-13-17-25-54-42(58)23-24-43(54)59)40(66-10)29-44(60)53-26-18-21-38(53)37(30-55)34(7)39(56)28-36(67(63,64)65)27-35-19-14-12-15-20-35/h12,14-15,19-20,23-24,31-34,36-38,40,45-47,55H,11,13,16-18,21-22,25-30H2,1-10H3,(H,50,61)(H2,63,64,65)/t33?,34-,36?,37+,38-,40+,45-,46-,47-/m0/s1. The van der Waals surface area contributed by atoms with E-state index in [0.29, 0.717) is 50.6 Å². The van der Waals surface area contributed by atoms with E-state index in [1.807, 2.05) is 41.5 Å². The molecule has 17 nitrogen and oxygen atoms in total. The van der Waals surface area contributed by atoms with Crippen LogP contribution in [-0.4, -0.2) is 153 Å². The third-order valence-electron chi connectivity index (χ3n) is 13.9. The molecule has 3 rings (SSSR count). The Morgan fingerprint density at radius 1 is 0.896 bits per heavy atom. The molecule has 2 unspecified atom stereocenters. The van der Waals surface area contributed by atoms with E-state index in [-0.39, 0.29) is 73.6 Å². The second-order valence-corrected chi connectivity index (χ2v) is 21.1. The maximum absolute atomic E-state index is 14.6. The Balaban J connectivity index is 1.72. The van der Waals surface area contributed by atoms with Crippen molar-refractivity contribution in [1.82, 2.24) is 24.9 Å². The molecule has 1 aromatic carbocycles. The lowest BCUT2D eigenvalue weighted by Gasteiger charge is -2.41. The van der Waals surface area contributed by atoms with Gasteiger partial charge in [0.2, 0.25) is 23.6 Å². The van der Waals surface area contributed by atoms with Crippen LogP contribution in [0.2, 0.25) is 0 Å². The van der Waals surface area contributed by atoms with Gasteiger partial charge in [-0.15, -0.1) is 0 Å². The van der Waals surface area contributed by atoms with Crippen LogP contribution in [0, 0.1) is 29.6 Å². The van der Waals surface area contributed by atoms with Crippen molar-refractivity contribution in [3.63, 3.8) is 0 Å². The van der Waals surface area contributed by atoms with Gasteiger partial charge in [-0.2, -0.15) is 0 Å². The zero-order valence-electron chi connectivity index (χ0n) is 41.3. The summed E-state index contributed by atoms with van der Waals surface area (Å²) in [4.78, 5) is 120. The molecule has 2 aliphatic heterocycles. The maximum Gasteiger partial charge on any atom is 0.329 e. The Bertz CT molecular complexity index is 1910. The zero-order chi connectivity index (χ0) is 50.3. The fourth-order valence-electron chi connectivity index (χ4n) is 9.64. The molecule has 0 saturated carbocycles. The van der Waals surface area contributed by atoms with Gasteiger partial charge in [-0.05, 0) is 55.4 Å². The molecule has 2 aliphatic rings. The highest BCUT2D eigenvalue weighted by Gasteiger charge is 2.44. The highest BCUT2D eigenvalue weighted by atomic mass is 31.2. The van der Waals surface area contributed by atoms with E-state index < -0.39 is 79.6 Å². The van der Waals surface area contributed by atoms with E-state index in [4.69, 9.17) is 4.74 Å². The molecule has 0 radical (unpaired) electrons. The molecule has 1 saturated heterocycles. The molecular formula is C49H78N5O12P. The Morgan fingerprint density at radius 3 is 2.06 bits per heavy atom. The Labute approximate surface area is 397 Å². The zero-order valence-corrected chi connectivity index (χ0v) is 42.2. The normalized spacial score (nSPS) is 18.9. The van der Waals surface area contributed by atoms with E-state index in [1.54, 1.807) is 61.2 Å². The molecular weight excluding hydrogens is 882 g/mol. The third kappa shape index (κ3) is 15.6. The van der Waals surface area contributed by atoms with Crippen molar-refractivity contribution in [2.75, 3.05) is 40.9 Å². The summed E-state index contributed by atoms with van der Waals surface area (Å²) in [5, 5.41) is 13.6. The van der Waals surface area contributed by atoms with Crippen LogP contribution in [-0.2, 0) is 49.3 Å². The summed E-state index contributed by atoms with van der Waals surface area (Å²) in [6, 6.07) is 5.80. The number of nitrogens with zero attached hydrogens (tertiary/aromatic N) is 4. The van der Waals surface area contributed by atoms with E-state index >= 15 is 0 Å². The Morgan fingerprint density at radius 2 is 1.52 bits per heavy atom. The maximum atomic E-state index is 14.6. The van der Waals surface area contributed by atoms with Crippen LogP contribution in [0.1, 0.15) is 112 Å². The minimum Gasteiger partial charge on any atom is -0.396 e. The number of amides is 6. The Hall–Kier alpha value is -4.28. The number of ether oxygens (including phenoxy) is 1. The Kier molecular flexibility index (Phi) is 22.5. The summed E-state index contributed by atoms with van der Waals surface area (Å²) >= 11 is 0. The number of likely N-dealkylation sites (tertiary alicyclic amines) is 1. The van der Waals surface area contributed by atoms with Crippen LogP contribution < -0.4 is 5.32 Å². The summed E-state index contributed by atoms with van der Waals surface area (Å²) in [5.41, 5.74) is -0.552. The molecule has 376 valence electrons. The second-order valence-electron chi connectivity index (χ2n) is 19.2. The SMILES string of the molecule is CCC(C)[C@@H]([C@@H](CC(=O)N1CCC[C@H]1[C@H](CO)[C@H](C)C(=O)CC(Cc1ccccc1)P(=O)(O)O)OC)N(C)C(=O)[C@@H](NC(=O)[C@H](C(C)C)N(C)C(=O)CCCCCN1C(=O)C=CC1=O)C(C)C. The number of aliphatic hydroxyl groups is 1. The van der Waals surface area contributed by atoms with Gasteiger partial charge < -0.3 is 39.6 Å². The van der Waals surface area contributed by atoms with Crippen molar-refractivity contribution in [2.24, 2.45) is 29.6 Å². The first-order chi connectivity index (χ1) is 31.5. The lowest BCUT2D eigenvalue weighted by molar-refractivity contribution is -0.148. The van der Waals surface area contributed by atoms with Crippen LogP contribution in [0.15, 0.2) is 42.5 Å². The predicted molar refractivity (Wildman–Crippen MR) is 254 cm³/mol. The summed E-state index contributed by atoms with van der Waals surface area (Å²) in [6.45, 7) is 13.1. The van der Waals surface area contributed by atoms with Crippen molar-refractivity contribution in [3.05, 3.63) is 48.0 Å². The van der Waals surface area contributed by atoms with Gasteiger partial charge in [0.05, 0.1) is 24.2 Å². The van der Waals surface area contributed by atoms with Crippen molar-refractivity contribution >= 4 is 48.8 Å². The number of hydrogen-bond acceptors (Lipinski definition) is 10. The lowest BCUT2D eigenvalue weighted by atomic mass is 9.82. The average molecular weight is 960 g/mol. The molecule has 0 spiro atoms. The molecule has 6 amide bonds.